The number of hydrogen-bond acceptors (Lipinski definition) is 1. The van der Waals surface area contributed by atoms with Crippen LogP contribution in [0.2, 0.25) is 0 Å². The normalized spacial score (nSPS) is 18.9. The highest BCUT2D eigenvalue weighted by Gasteiger charge is 2.32. The lowest BCUT2D eigenvalue weighted by Crippen LogP contribution is -2.24. The van der Waals surface area contributed by atoms with Crippen molar-refractivity contribution in [2.45, 2.75) is 19.3 Å². The summed E-state index contributed by atoms with van der Waals surface area (Å²) in [4.78, 5) is 2.31. The van der Waals surface area contributed by atoms with Crippen molar-refractivity contribution in [1.82, 2.24) is 0 Å². The Balaban J connectivity index is 2.60. The fraction of sp³-hybridized carbons (Fsp3) is 0.417. The van der Waals surface area contributed by atoms with Crippen molar-refractivity contribution in [3.63, 3.8) is 0 Å². The average molecular weight is 174 g/mol. The van der Waals surface area contributed by atoms with Gasteiger partial charge in [-0.2, -0.15) is 0 Å². The van der Waals surface area contributed by atoms with Crippen LogP contribution in [0.25, 0.3) is 0 Å². The molecule has 0 fully saturated rings. The van der Waals surface area contributed by atoms with Crippen molar-refractivity contribution >= 4 is 5.69 Å². The molecule has 69 valence electrons. The molecule has 0 spiro atoms. The van der Waals surface area contributed by atoms with E-state index in [-0.39, 0.29) is 5.41 Å². The maximum atomic E-state index is 3.97. The number of hydrogen-bond donors (Lipinski definition) is 0. The molecule has 13 heavy (non-hydrogen) atoms. The SMILES string of the molecule is [CH2]c1ccc2c(c1)C(C)(C)CN2C. The summed E-state index contributed by atoms with van der Waals surface area (Å²) >= 11 is 0. The van der Waals surface area contributed by atoms with Crippen LogP contribution in [-0.4, -0.2) is 13.6 Å². The highest BCUT2D eigenvalue weighted by Crippen LogP contribution is 2.39. The van der Waals surface area contributed by atoms with Gasteiger partial charge in [-0.3, -0.25) is 0 Å². The molecule has 0 unspecified atom stereocenters. The summed E-state index contributed by atoms with van der Waals surface area (Å²) in [5.41, 5.74) is 4.18. The third kappa shape index (κ3) is 1.23. The standard InChI is InChI=1S/C12H16N/c1-9-5-6-11-10(7-9)12(2,3)8-13(11)4/h5-7H,1,8H2,2-4H3. The van der Waals surface area contributed by atoms with Crippen molar-refractivity contribution < 1.29 is 0 Å². The van der Waals surface area contributed by atoms with Crippen molar-refractivity contribution in [2.75, 3.05) is 18.5 Å². The summed E-state index contributed by atoms with van der Waals surface area (Å²) in [5, 5.41) is 0. The first-order valence-corrected chi connectivity index (χ1v) is 4.68. The third-order valence-corrected chi connectivity index (χ3v) is 2.83. The zero-order valence-electron chi connectivity index (χ0n) is 8.59. The number of fused-ring (bicyclic) bond motifs is 1. The highest BCUT2D eigenvalue weighted by atomic mass is 15.1. The van der Waals surface area contributed by atoms with Crippen LogP contribution < -0.4 is 4.90 Å². The van der Waals surface area contributed by atoms with E-state index in [1.165, 1.54) is 11.3 Å². The third-order valence-electron chi connectivity index (χ3n) is 2.83. The summed E-state index contributed by atoms with van der Waals surface area (Å²) < 4.78 is 0. The van der Waals surface area contributed by atoms with E-state index in [2.05, 4.69) is 50.9 Å². The Kier molecular flexibility index (Phi) is 1.66. The fourth-order valence-electron chi connectivity index (χ4n) is 2.22. The number of nitrogens with zero attached hydrogens (tertiary/aromatic N) is 1. The van der Waals surface area contributed by atoms with Gasteiger partial charge in [0.1, 0.15) is 0 Å². The summed E-state index contributed by atoms with van der Waals surface area (Å²) in [6.07, 6.45) is 0. The van der Waals surface area contributed by atoms with Gasteiger partial charge in [0.25, 0.3) is 0 Å². The quantitative estimate of drug-likeness (QED) is 0.584. The molecule has 0 bridgehead atoms. The number of benzene rings is 1. The topological polar surface area (TPSA) is 3.24 Å². The molecule has 1 aliphatic rings. The molecule has 0 aliphatic carbocycles. The second-order valence-electron chi connectivity index (χ2n) is 4.59. The molecule has 2 rings (SSSR count). The van der Waals surface area contributed by atoms with Crippen LogP contribution in [0.5, 0.6) is 0 Å². The van der Waals surface area contributed by atoms with Gasteiger partial charge >= 0.3 is 0 Å². The Morgan fingerprint density at radius 3 is 2.77 bits per heavy atom. The van der Waals surface area contributed by atoms with E-state index >= 15 is 0 Å². The van der Waals surface area contributed by atoms with Gasteiger partial charge < -0.3 is 4.90 Å². The van der Waals surface area contributed by atoms with Gasteiger partial charge in [-0.05, 0) is 24.1 Å². The molecule has 0 saturated heterocycles. The van der Waals surface area contributed by atoms with Crippen LogP contribution in [0.1, 0.15) is 25.0 Å². The lowest BCUT2D eigenvalue weighted by atomic mass is 9.86. The van der Waals surface area contributed by atoms with E-state index in [0.717, 1.165) is 12.1 Å². The van der Waals surface area contributed by atoms with Crippen molar-refractivity contribution in [1.29, 1.82) is 0 Å². The molecule has 1 nitrogen and oxygen atoms in total. The Morgan fingerprint density at radius 2 is 2.08 bits per heavy atom. The summed E-state index contributed by atoms with van der Waals surface area (Å²) in [6, 6.07) is 6.46. The molecule has 1 heteroatoms. The number of likely N-dealkylation sites (N-methyl/N-ethyl adjacent to an activating group) is 1. The lowest BCUT2D eigenvalue weighted by Gasteiger charge is -2.18. The smallest absolute Gasteiger partial charge is 0.0402 e. The maximum absolute atomic E-state index is 3.97. The first kappa shape index (κ1) is 8.61. The van der Waals surface area contributed by atoms with Gasteiger partial charge in [-0.25, -0.2) is 0 Å². The van der Waals surface area contributed by atoms with Gasteiger partial charge in [0, 0.05) is 24.7 Å². The molecule has 0 atom stereocenters. The van der Waals surface area contributed by atoms with Gasteiger partial charge in [0.15, 0.2) is 0 Å². The first-order valence-electron chi connectivity index (χ1n) is 4.68. The zero-order chi connectivity index (χ0) is 9.64. The zero-order valence-corrected chi connectivity index (χ0v) is 8.59. The Bertz CT molecular complexity index is 339. The van der Waals surface area contributed by atoms with Gasteiger partial charge in [0.2, 0.25) is 0 Å². The van der Waals surface area contributed by atoms with Crippen LogP contribution >= 0.6 is 0 Å². The number of anilines is 1. The van der Waals surface area contributed by atoms with Gasteiger partial charge in [-0.15, -0.1) is 0 Å². The first-order chi connectivity index (χ1) is 6.00. The predicted octanol–water partition coefficient (Wildman–Crippen LogP) is 2.60. The van der Waals surface area contributed by atoms with E-state index in [9.17, 15) is 0 Å². The van der Waals surface area contributed by atoms with Crippen molar-refractivity contribution in [3.8, 4) is 0 Å². The molecular weight excluding hydrogens is 158 g/mol. The van der Waals surface area contributed by atoms with Crippen LogP contribution in [0.3, 0.4) is 0 Å². The Labute approximate surface area is 80.4 Å². The van der Waals surface area contributed by atoms with Crippen molar-refractivity contribution in [3.05, 3.63) is 36.2 Å². The van der Waals surface area contributed by atoms with Crippen LogP contribution in [0, 0.1) is 6.92 Å². The summed E-state index contributed by atoms with van der Waals surface area (Å²) in [5.74, 6) is 0. The highest BCUT2D eigenvalue weighted by molar-refractivity contribution is 5.62. The molecule has 1 heterocycles. The second-order valence-corrected chi connectivity index (χ2v) is 4.59. The molecule has 0 aromatic heterocycles. The van der Waals surface area contributed by atoms with E-state index in [1.807, 2.05) is 0 Å². The van der Waals surface area contributed by atoms with E-state index in [4.69, 9.17) is 0 Å². The van der Waals surface area contributed by atoms with Crippen LogP contribution in [0.15, 0.2) is 18.2 Å². The maximum Gasteiger partial charge on any atom is 0.0402 e. The molecule has 0 amide bonds. The molecule has 0 saturated carbocycles. The Morgan fingerprint density at radius 1 is 1.38 bits per heavy atom. The summed E-state index contributed by atoms with van der Waals surface area (Å²) in [7, 11) is 2.15. The van der Waals surface area contributed by atoms with Crippen LogP contribution in [0.4, 0.5) is 5.69 Å². The lowest BCUT2D eigenvalue weighted by molar-refractivity contribution is 0.563. The molecular formula is C12H16N. The minimum absolute atomic E-state index is 0.276. The van der Waals surface area contributed by atoms with E-state index in [0.29, 0.717) is 0 Å². The fourth-order valence-corrected chi connectivity index (χ4v) is 2.22. The minimum atomic E-state index is 0.276. The van der Waals surface area contributed by atoms with E-state index in [1.54, 1.807) is 0 Å². The molecule has 0 N–H and O–H groups in total. The Hall–Kier alpha value is -0.980. The van der Waals surface area contributed by atoms with E-state index < -0.39 is 0 Å². The molecule has 1 aromatic rings. The summed E-state index contributed by atoms with van der Waals surface area (Å²) in [6.45, 7) is 9.65. The van der Waals surface area contributed by atoms with Crippen LogP contribution in [-0.2, 0) is 5.41 Å². The van der Waals surface area contributed by atoms with Crippen molar-refractivity contribution in [2.24, 2.45) is 0 Å². The molecule has 1 radical (unpaired) electrons. The molecule has 1 aliphatic heterocycles. The second kappa shape index (κ2) is 2.50. The van der Waals surface area contributed by atoms with Gasteiger partial charge in [-0.1, -0.05) is 26.0 Å². The molecule has 1 aromatic carbocycles. The van der Waals surface area contributed by atoms with Gasteiger partial charge in [0.05, 0.1) is 0 Å². The monoisotopic (exact) mass is 174 g/mol. The predicted molar refractivity (Wildman–Crippen MR) is 57.2 cm³/mol. The minimum Gasteiger partial charge on any atom is -0.373 e. The number of rotatable bonds is 0. The average Bonchev–Trinajstić information content (AvgIpc) is 2.23. The largest absolute Gasteiger partial charge is 0.373 e.